The van der Waals surface area contributed by atoms with Crippen LogP contribution in [0.3, 0.4) is 0 Å². The zero-order valence-corrected chi connectivity index (χ0v) is 23.2. The van der Waals surface area contributed by atoms with Crippen molar-refractivity contribution in [3.05, 3.63) is 133 Å². The van der Waals surface area contributed by atoms with Gasteiger partial charge in [-0.1, -0.05) is 116 Å². The minimum Gasteiger partial charge on any atom is -0.456 e. The Hall–Kier alpha value is -5.35. The Labute approximate surface area is 243 Å². The average molecular weight is 542 g/mol. The molecule has 0 spiro atoms. The largest absolute Gasteiger partial charge is 0.456 e. The van der Waals surface area contributed by atoms with E-state index in [4.69, 9.17) is 19.4 Å². The Morgan fingerprint density at radius 3 is 2.26 bits per heavy atom. The number of benzene rings is 5. The number of fused-ring (bicyclic) bond motifs is 4. The van der Waals surface area contributed by atoms with Gasteiger partial charge in [-0.05, 0) is 52.4 Å². The van der Waals surface area contributed by atoms with E-state index in [1.807, 2.05) is 42.5 Å². The van der Waals surface area contributed by atoms with E-state index in [9.17, 15) is 0 Å². The molecule has 200 valence electrons. The predicted octanol–water partition coefficient (Wildman–Crippen LogP) is 9.90. The van der Waals surface area contributed by atoms with E-state index in [2.05, 4.69) is 91.9 Å². The lowest BCUT2D eigenvalue weighted by atomic mass is 9.96. The number of aromatic nitrogens is 3. The molecule has 0 fully saturated rings. The van der Waals surface area contributed by atoms with Crippen LogP contribution in [0.4, 0.5) is 0 Å². The number of hydrogen-bond acceptors (Lipinski definition) is 4. The number of rotatable bonds is 4. The van der Waals surface area contributed by atoms with Crippen LogP contribution in [0.1, 0.15) is 19.2 Å². The molecule has 1 unspecified atom stereocenters. The molecule has 0 saturated heterocycles. The third kappa shape index (κ3) is 4.20. The standard InChI is InChI=1S/C38H27N3O/c1-24-17-19-27(20-18-24)37-39-36(26-10-3-2-4-11-26)40-38(41-37)31-15-8-16-34-35(31)32-23-28(21-22-33(32)42-34)30-14-7-12-25-9-5-6-13-29(25)30/h2-17,19-24H,18H2,1H3. The van der Waals surface area contributed by atoms with E-state index in [1.165, 1.54) is 16.3 Å². The summed E-state index contributed by atoms with van der Waals surface area (Å²) in [6.45, 7) is 2.22. The van der Waals surface area contributed by atoms with Gasteiger partial charge >= 0.3 is 0 Å². The summed E-state index contributed by atoms with van der Waals surface area (Å²) in [5, 5.41) is 4.50. The van der Waals surface area contributed by atoms with Crippen LogP contribution in [-0.2, 0) is 0 Å². The molecule has 4 nitrogen and oxygen atoms in total. The lowest BCUT2D eigenvalue weighted by molar-refractivity contribution is 0.669. The highest BCUT2D eigenvalue weighted by Gasteiger charge is 2.19. The van der Waals surface area contributed by atoms with Crippen molar-refractivity contribution >= 4 is 38.3 Å². The molecule has 4 heteroatoms. The topological polar surface area (TPSA) is 51.8 Å². The van der Waals surface area contributed by atoms with Gasteiger partial charge < -0.3 is 4.42 Å². The van der Waals surface area contributed by atoms with Crippen LogP contribution in [-0.4, -0.2) is 15.0 Å². The smallest absolute Gasteiger partial charge is 0.164 e. The van der Waals surface area contributed by atoms with Crippen molar-refractivity contribution in [2.24, 2.45) is 5.92 Å². The zero-order chi connectivity index (χ0) is 28.0. The molecule has 7 aromatic rings. The Morgan fingerprint density at radius 1 is 0.619 bits per heavy atom. The minimum absolute atomic E-state index is 0.505. The summed E-state index contributed by atoms with van der Waals surface area (Å²) in [5.74, 6) is 2.48. The van der Waals surface area contributed by atoms with Gasteiger partial charge in [-0.15, -0.1) is 0 Å². The molecule has 0 aliphatic heterocycles. The molecular weight excluding hydrogens is 514 g/mol. The lowest BCUT2D eigenvalue weighted by Crippen LogP contribution is -2.04. The second kappa shape index (κ2) is 9.93. The van der Waals surface area contributed by atoms with Crippen LogP contribution in [0.25, 0.3) is 72.2 Å². The molecule has 2 aromatic heterocycles. The molecule has 0 radical (unpaired) electrons. The Morgan fingerprint density at radius 2 is 1.38 bits per heavy atom. The second-order valence-corrected chi connectivity index (χ2v) is 10.9. The van der Waals surface area contributed by atoms with Crippen LogP contribution in [0.2, 0.25) is 0 Å². The maximum atomic E-state index is 6.37. The number of allylic oxidation sites excluding steroid dienone is 4. The number of hydrogen-bond donors (Lipinski definition) is 0. The molecule has 1 atom stereocenters. The maximum absolute atomic E-state index is 6.37. The molecule has 42 heavy (non-hydrogen) atoms. The summed E-state index contributed by atoms with van der Waals surface area (Å²) in [6.07, 6.45) is 7.54. The number of nitrogens with zero attached hydrogens (tertiary/aromatic N) is 3. The molecule has 8 rings (SSSR count). The summed E-state index contributed by atoms with van der Waals surface area (Å²) >= 11 is 0. The average Bonchev–Trinajstić information content (AvgIpc) is 3.43. The van der Waals surface area contributed by atoms with Crippen LogP contribution in [0.5, 0.6) is 0 Å². The summed E-state index contributed by atoms with van der Waals surface area (Å²) in [7, 11) is 0. The first-order valence-electron chi connectivity index (χ1n) is 14.4. The number of furan rings is 1. The fourth-order valence-electron chi connectivity index (χ4n) is 5.89. The fourth-order valence-corrected chi connectivity index (χ4v) is 5.89. The molecule has 0 bridgehead atoms. The van der Waals surface area contributed by atoms with Crippen LogP contribution < -0.4 is 0 Å². The van der Waals surface area contributed by atoms with Crippen molar-refractivity contribution in [1.82, 2.24) is 15.0 Å². The lowest BCUT2D eigenvalue weighted by Gasteiger charge is -2.13. The fraction of sp³-hybridized carbons (Fsp3) is 0.0789. The summed E-state index contributed by atoms with van der Waals surface area (Å²) in [6, 6.07) is 37.7. The van der Waals surface area contributed by atoms with Gasteiger partial charge in [0.1, 0.15) is 11.2 Å². The van der Waals surface area contributed by atoms with E-state index < -0.39 is 0 Å². The highest BCUT2D eigenvalue weighted by molar-refractivity contribution is 6.13. The molecule has 2 heterocycles. The molecule has 1 aliphatic carbocycles. The second-order valence-electron chi connectivity index (χ2n) is 10.9. The first-order chi connectivity index (χ1) is 20.7. The van der Waals surface area contributed by atoms with Gasteiger partial charge in [0.2, 0.25) is 0 Å². The van der Waals surface area contributed by atoms with Crippen molar-refractivity contribution < 1.29 is 4.42 Å². The highest BCUT2D eigenvalue weighted by atomic mass is 16.3. The maximum Gasteiger partial charge on any atom is 0.164 e. The van der Waals surface area contributed by atoms with Crippen LogP contribution in [0.15, 0.2) is 132 Å². The first kappa shape index (κ1) is 24.4. The quantitative estimate of drug-likeness (QED) is 0.222. The first-order valence-corrected chi connectivity index (χ1v) is 14.4. The third-order valence-electron chi connectivity index (χ3n) is 8.08. The van der Waals surface area contributed by atoms with Crippen molar-refractivity contribution in [3.63, 3.8) is 0 Å². The van der Waals surface area contributed by atoms with Gasteiger partial charge in [-0.3, -0.25) is 0 Å². The summed E-state index contributed by atoms with van der Waals surface area (Å²) < 4.78 is 6.37. The third-order valence-corrected chi connectivity index (χ3v) is 8.08. The van der Waals surface area contributed by atoms with Crippen LogP contribution >= 0.6 is 0 Å². The molecule has 0 amide bonds. The van der Waals surface area contributed by atoms with Crippen molar-refractivity contribution in [2.45, 2.75) is 13.3 Å². The monoisotopic (exact) mass is 541 g/mol. The summed E-state index contributed by atoms with van der Waals surface area (Å²) in [5.41, 5.74) is 6.90. The molecule has 0 N–H and O–H groups in total. The Balaban J connectivity index is 1.36. The van der Waals surface area contributed by atoms with Gasteiger partial charge in [0.15, 0.2) is 17.5 Å². The Bertz CT molecular complexity index is 2180. The van der Waals surface area contributed by atoms with Gasteiger partial charge in [0.05, 0.1) is 0 Å². The summed E-state index contributed by atoms with van der Waals surface area (Å²) in [4.78, 5) is 15.0. The van der Waals surface area contributed by atoms with E-state index in [0.717, 1.165) is 50.6 Å². The molecular formula is C38H27N3O. The molecule has 1 aliphatic rings. The van der Waals surface area contributed by atoms with Gasteiger partial charge in [-0.2, -0.15) is 0 Å². The van der Waals surface area contributed by atoms with Crippen LogP contribution in [0, 0.1) is 5.92 Å². The van der Waals surface area contributed by atoms with E-state index in [1.54, 1.807) is 0 Å². The van der Waals surface area contributed by atoms with Gasteiger partial charge in [0.25, 0.3) is 0 Å². The minimum atomic E-state index is 0.505. The van der Waals surface area contributed by atoms with Crippen molar-refractivity contribution in [1.29, 1.82) is 0 Å². The van der Waals surface area contributed by atoms with Crippen molar-refractivity contribution in [3.8, 4) is 33.9 Å². The predicted molar refractivity (Wildman–Crippen MR) is 172 cm³/mol. The van der Waals surface area contributed by atoms with E-state index in [-0.39, 0.29) is 0 Å². The zero-order valence-electron chi connectivity index (χ0n) is 23.2. The van der Waals surface area contributed by atoms with Gasteiger partial charge in [0, 0.05) is 27.5 Å². The highest BCUT2D eigenvalue weighted by Crippen LogP contribution is 2.39. The Kier molecular flexibility index (Phi) is 5.78. The van der Waals surface area contributed by atoms with E-state index >= 15 is 0 Å². The molecule has 0 saturated carbocycles. The van der Waals surface area contributed by atoms with Crippen molar-refractivity contribution in [2.75, 3.05) is 0 Å². The SMILES string of the molecule is CC1C=CC(c2nc(-c3ccccc3)nc(-c3cccc4oc5ccc(-c6cccc7ccccc67)cc5c34)n2)=CC1. The molecule has 5 aromatic carbocycles. The van der Waals surface area contributed by atoms with E-state index in [0.29, 0.717) is 23.4 Å². The van der Waals surface area contributed by atoms with Gasteiger partial charge in [-0.25, -0.2) is 15.0 Å². The normalized spacial score (nSPS) is 15.0.